The molecule has 1 fully saturated rings. The van der Waals surface area contributed by atoms with Crippen molar-refractivity contribution in [3.63, 3.8) is 0 Å². The minimum absolute atomic E-state index is 0.250. The van der Waals surface area contributed by atoms with Crippen LogP contribution in [0, 0.1) is 19.8 Å². The van der Waals surface area contributed by atoms with Crippen LogP contribution in [0.5, 0.6) is 5.75 Å². The molecule has 12 heteroatoms. The Balaban J connectivity index is 2.07. The topological polar surface area (TPSA) is 184 Å². The fourth-order valence-corrected chi connectivity index (χ4v) is 6.90. The number of unbranched alkanes of at least 4 members (excludes halogenated alkanes) is 11. The first kappa shape index (κ1) is 44.8. The third kappa shape index (κ3) is 14.9. The summed E-state index contributed by atoms with van der Waals surface area (Å²) in [6, 6.07) is 2.56. The zero-order chi connectivity index (χ0) is 38.1. The molecule has 1 aromatic rings. The molecule has 0 aliphatic carbocycles. The van der Waals surface area contributed by atoms with Gasteiger partial charge in [-0.2, -0.15) is 0 Å². The van der Waals surface area contributed by atoms with E-state index in [-0.39, 0.29) is 18.3 Å². The Morgan fingerprint density at radius 1 is 0.902 bits per heavy atom. The van der Waals surface area contributed by atoms with Crippen LogP contribution in [0.4, 0.5) is 4.79 Å². The summed E-state index contributed by atoms with van der Waals surface area (Å²) in [5, 5.41) is 54.7. The van der Waals surface area contributed by atoms with Crippen LogP contribution >= 0.6 is 0 Å². The Kier molecular flexibility index (Phi) is 19.9. The summed E-state index contributed by atoms with van der Waals surface area (Å²) in [7, 11) is 0. The van der Waals surface area contributed by atoms with Crippen LogP contribution in [-0.4, -0.2) is 93.7 Å². The van der Waals surface area contributed by atoms with Gasteiger partial charge < -0.3 is 49.8 Å². The van der Waals surface area contributed by atoms with E-state index in [4.69, 9.17) is 18.9 Å². The molecule has 6 N–H and O–H groups in total. The van der Waals surface area contributed by atoms with Crippen LogP contribution in [0.1, 0.15) is 135 Å². The molecule has 1 amide bonds. The number of aliphatic hydroxyl groups excluding tert-OH is 5. The fourth-order valence-electron chi connectivity index (χ4n) is 6.90. The molecule has 0 aromatic heterocycles. The van der Waals surface area contributed by atoms with Crippen LogP contribution in [-0.2, 0) is 24.6 Å². The van der Waals surface area contributed by atoms with E-state index in [0.717, 1.165) is 30.4 Å². The lowest BCUT2D eigenvalue weighted by Crippen LogP contribution is -2.60. The molecule has 0 saturated carbocycles. The number of nitrogens with one attached hydrogen (secondary N) is 1. The molecule has 1 heterocycles. The summed E-state index contributed by atoms with van der Waals surface area (Å²) in [5.41, 5.74) is 0.862. The van der Waals surface area contributed by atoms with Crippen molar-refractivity contribution in [1.29, 1.82) is 0 Å². The Morgan fingerprint density at radius 3 is 2.02 bits per heavy atom. The van der Waals surface area contributed by atoms with Crippen molar-refractivity contribution in [3.8, 4) is 5.75 Å². The number of carbonyl (C=O) groups excluding carboxylic acids is 2. The summed E-state index contributed by atoms with van der Waals surface area (Å²) in [4.78, 5) is 25.3. The van der Waals surface area contributed by atoms with Crippen LogP contribution in [0.3, 0.4) is 0 Å². The molecule has 12 nitrogen and oxygen atoms in total. The number of carbonyl (C=O) groups is 2. The van der Waals surface area contributed by atoms with E-state index >= 15 is 0 Å². The van der Waals surface area contributed by atoms with Gasteiger partial charge in [0, 0.05) is 12.5 Å². The first-order valence-electron chi connectivity index (χ1n) is 19.0. The maximum Gasteiger partial charge on any atom is 0.408 e. The second-order valence-corrected chi connectivity index (χ2v) is 14.9. The Morgan fingerprint density at radius 2 is 1.47 bits per heavy atom. The van der Waals surface area contributed by atoms with Gasteiger partial charge in [0.25, 0.3) is 0 Å². The van der Waals surface area contributed by atoms with E-state index in [0.29, 0.717) is 12.0 Å². The lowest BCUT2D eigenvalue weighted by atomic mass is 9.91. The lowest BCUT2D eigenvalue weighted by Gasteiger charge is -2.40. The van der Waals surface area contributed by atoms with Gasteiger partial charge in [0.05, 0.1) is 25.4 Å². The molecule has 51 heavy (non-hydrogen) atoms. The van der Waals surface area contributed by atoms with E-state index in [1.165, 1.54) is 64.7 Å². The molecular formula is C39H67NO11. The second kappa shape index (κ2) is 22.7. The van der Waals surface area contributed by atoms with Crippen LogP contribution in [0.2, 0.25) is 0 Å². The minimum atomic E-state index is -1.64. The van der Waals surface area contributed by atoms with Crippen molar-refractivity contribution >= 4 is 12.1 Å². The first-order valence-corrected chi connectivity index (χ1v) is 19.0. The highest BCUT2D eigenvalue weighted by Crippen LogP contribution is 2.37. The highest BCUT2D eigenvalue weighted by molar-refractivity contribution is 5.71. The molecule has 0 bridgehead atoms. The SMILES string of the molecule is CCCCCCCCCCCCCC[C@@H](C)[C@@H](O)[C@H](CO[C@H]1OC(CO)[C@H](O)[C@H](O)C1O)NC(=O)OC(C)(C)c1c(C)cc(C)cc1OC(C)=O. The van der Waals surface area contributed by atoms with E-state index in [9.17, 15) is 35.1 Å². The summed E-state index contributed by atoms with van der Waals surface area (Å²) < 4.78 is 22.6. The highest BCUT2D eigenvalue weighted by atomic mass is 16.7. The van der Waals surface area contributed by atoms with Gasteiger partial charge in [-0.1, -0.05) is 97.0 Å². The number of aryl methyl sites for hydroxylation is 2. The predicted molar refractivity (Wildman–Crippen MR) is 194 cm³/mol. The minimum Gasteiger partial charge on any atom is -0.438 e. The van der Waals surface area contributed by atoms with Crippen LogP contribution in [0.25, 0.3) is 0 Å². The predicted octanol–water partition coefficient (Wildman–Crippen LogP) is 5.46. The molecule has 1 saturated heterocycles. The molecule has 1 aliphatic heterocycles. The van der Waals surface area contributed by atoms with Crippen molar-refractivity contribution in [1.82, 2.24) is 5.32 Å². The quantitative estimate of drug-likeness (QED) is 0.0478. The fraction of sp³-hybridized carbons (Fsp3) is 0.795. The Hall–Kier alpha value is -2.32. The molecular weight excluding hydrogens is 658 g/mol. The Bertz CT molecular complexity index is 1180. The molecule has 0 radical (unpaired) electrons. The molecule has 0 spiro atoms. The number of alkyl carbamates (subject to hydrolysis) is 1. The van der Waals surface area contributed by atoms with Gasteiger partial charge in [0.15, 0.2) is 6.29 Å². The molecule has 1 aliphatic rings. The standard InChI is InChI=1S/C39H67NO11/c1-8-9-10-11-12-13-14-15-16-17-18-19-20-26(3)33(43)29(24-48-37-36(46)35(45)34(44)31(23-41)50-37)40-38(47)51-39(6,7)32-27(4)21-25(2)22-30(32)49-28(5)42/h21-22,26,29,31,33-37,41,43-46H,8-20,23-24H2,1-7H3,(H,40,47)/t26-,29+,31?,33-,34+,35+,36?,37+/m1/s1. The molecule has 2 unspecified atom stereocenters. The smallest absolute Gasteiger partial charge is 0.408 e. The van der Waals surface area contributed by atoms with Gasteiger partial charge in [0.1, 0.15) is 35.8 Å². The number of ether oxygens (including phenoxy) is 4. The zero-order valence-electron chi connectivity index (χ0n) is 32.1. The summed E-state index contributed by atoms with van der Waals surface area (Å²) in [6.07, 6.45) is 5.89. The van der Waals surface area contributed by atoms with E-state index < -0.39 is 67.1 Å². The van der Waals surface area contributed by atoms with Crippen molar-refractivity contribution in [2.24, 2.45) is 5.92 Å². The number of hydrogen-bond donors (Lipinski definition) is 6. The average molecular weight is 726 g/mol. The largest absolute Gasteiger partial charge is 0.438 e. The number of esters is 1. The number of benzene rings is 1. The van der Waals surface area contributed by atoms with E-state index in [1.54, 1.807) is 19.9 Å². The van der Waals surface area contributed by atoms with Crippen LogP contribution in [0.15, 0.2) is 12.1 Å². The maximum absolute atomic E-state index is 13.5. The lowest BCUT2D eigenvalue weighted by molar-refractivity contribution is -0.303. The highest BCUT2D eigenvalue weighted by Gasteiger charge is 2.44. The number of rotatable bonds is 23. The summed E-state index contributed by atoms with van der Waals surface area (Å²) in [5.74, 6) is -0.492. The molecule has 1 aromatic carbocycles. The summed E-state index contributed by atoms with van der Waals surface area (Å²) >= 11 is 0. The van der Waals surface area contributed by atoms with Gasteiger partial charge in [-0.3, -0.25) is 4.79 Å². The zero-order valence-corrected chi connectivity index (χ0v) is 32.1. The molecule has 8 atom stereocenters. The van der Waals surface area contributed by atoms with Gasteiger partial charge in [-0.05, 0) is 57.2 Å². The monoisotopic (exact) mass is 725 g/mol. The number of amides is 1. The van der Waals surface area contributed by atoms with Gasteiger partial charge >= 0.3 is 12.1 Å². The van der Waals surface area contributed by atoms with Gasteiger partial charge in [-0.25, -0.2) is 4.79 Å². The van der Waals surface area contributed by atoms with Crippen molar-refractivity contribution in [2.45, 2.75) is 180 Å². The Labute approximate surface area is 305 Å². The van der Waals surface area contributed by atoms with Crippen molar-refractivity contribution < 1.29 is 54.1 Å². The van der Waals surface area contributed by atoms with Crippen molar-refractivity contribution in [2.75, 3.05) is 13.2 Å². The normalized spacial score (nSPS) is 22.6. The molecule has 294 valence electrons. The van der Waals surface area contributed by atoms with E-state index in [1.807, 2.05) is 26.8 Å². The summed E-state index contributed by atoms with van der Waals surface area (Å²) in [6.45, 7) is 11.5. The van der Waals surface area contributed by atoms with Crippen molar-refractivity contribution in [3.05, 3.63) is 28.8 Å². The average Bonchev–Trinajstić information content (AvgIpc) is 3.05. The van der Waals surface area contributed by atoms with Crippen LogP contribution < -0.4 is 10.1 Å². The third-order valence-electron chi connectivity index (χ3n) is 9.75. The number of hydrogen-bond acceptors (Lipinski definition) is 11. The molecule has 2 rings (SSSR count). The maximum atomic E-state index is 13.5. The third-order valence-corrected chi connectivity index (χ3v) is 9.75. The van der Waals surface area contributed by atoms with E-state index in [2.05, 4.69) is 12.2 Å². The van der Waals surface area contributed by atoms with Gasteiger partial charge in [-0.15, -0.1) is 0 Å². The second-order valence-electron chi connectivity index (χ2n) is 14.9. The first-order chi connectivity index (χ1) is 24.1. The number of aliphatic hydroxyl groups is 5. The van der Waals surface area contributed by atoms with Gasteiger partial charge in [0.2, 0.25) is 0 Å².